The van der Waals surface area contributed by atoms with Crippen molar-refractivity contribution in [3.05, 3.63) is 70.1 Å². The van der Waals surface area contributed by atoms with E-state index in [9.17, 15) is 51.1 Å². The summed E-state index contributed by atoms with van der Waals surface area (Å²) in [5.74, 6) is -2.17. The summed E-state index contributed by atoms with van der Waals surface area (Å²) >= 11 is 0. The van der Waals surface area contributed by atoms with Crippen LogP contribution in [-0.2, 0) is 28.4 Å². The molecule has 1 aliphatic carbocycles. The van der Waals surface area contributed by atoms with Crippen molar-refractivity contribution in [3.63, 3.8) is 0 Å². The van der Waals surface area contributed by atoms with Crippen molar-refractivity contribution in [1.82, 2.24) is 0 Å². The third kappa shape index (κ3) is 5.57. The van der Waals surface area contributed by atoms with E-state index >= 15 is 0 Å². The first-order valence-corrected chi connectivity index (χ1v) is 14.3. The first-order chi connectivity index (χ1) is 21.7. The zero-order valence-electron chi connectivity index (χ0n) is 24.4. The Morgan fingerprint density at radius 1 is 0.783 bits per heavy atom. The van der Waals surface area contributed by atoms with Crippen LogP contribution in [0.3, 0.4) is 0 Å². The Balaban J connectivity index is 1.35. The van der Waals surface area contributed by atoms with Crippen LogP contribution in [0.15, 0.2) is 64.5 Å². The van der Waals surface area contributed by atoms with Crippen LogP contribution in [0.5, 0.6) is 17.2 Å². The van der Waals surface area contributed by atoms with E-state index in [1.807, 2.05) is 0 Å². The fraction of sp³-hybridized carbons (Fsp3) is 0.467. The Hall–Kier alpha value is -3.84. The SMILES string of the molecule is CC1=CC2=C3C(=CC(O)=CC3O1)OC(c1cc(O)c(O)c(O)c1)=C2OC1OC(COC2OC(C)C(O)C(O)C2O)C(O)C(O)C1O. The maximum absolute atomic E-state index is 10.9. The van der Waals surface area contributed by atoms with Gasteiger partial charge in [0.2, 0.25) is 6.29 Å². The Bertz CT molecular complexity index is 1520. The third-order valence-corrected chi connectivity index (χ3v) is 8.23. The second-order valence-electron chi connectivity index (χ2n) is 11.5. The molecule has 4 heterocycles. The Labute approximate surface area is 260 Å². The minimum atomic E-state index is -1.85. The van der Waals surface area contributed by atoms with Crippen LogP contribution >= 0.6 is 0 Å². The lowest BCUT2D eigenvalue weighted by Gasteiger charge is -2.43. The maximum atomic E-state index is 10.9. The average molecular weight is 651 g/mol. The number of allylic oxidation sites excluding steroid dienone is 3. The van der Waals surface area contributed by atoms with E-state index < -0.39 is 91.4 Å². The standard InChI is InChI=1S/C30H34O16/c1-9-3-13-19-16(42-9)6-12(31)7-17(19)44-27(11-4-14(32)21(35)15(33)5-11)28(13)46-30-26(40)24(38)22(36)18(45-30)8-41-29-25(39)23(37)20(34)10(2)43-29/h3-7,10,16,18,20,22-26,29-40H,8H2,1-2H3. The molecule has 250 valence electrons. The van der Waals surface area contributed by atoms with Crippen molar-refractivity contribution in [3.8, 4) is 17.2 Å². The summed E-state index contributed by atoms with van der Waals surface area (Å²) in [7, 11) is 0. The van der Waals surface area contributed by atoms with Crippen molar-refractivity contribution in [2.24, 2.45) is 0 Å². The molecular weight excluding hydrogens is 616 g/mol. The van der Waals surface area contributed by atoms with Gasteiger partial charge in [-0.2, -0.15) is 0 Å². The molecule has 1 aromatic carbocycles. The van der Waals surface area contributed by atoms with Gasteiger partial charge in [0, 0.05) is 23.3 Å². The van der Waals surface area contributed by atoms with E-state index in [0.717, 1.165) is 12.1 Å². The molecule has 4 aliphatic heterocycles. The lowest BCUT2D eigenvalue weighted by Crippen LogP contribution is -2.61. The molecular formula is C30H34O16. The number of ether oxygens (including phenoxy) is 6. The Morgan fingerprint density at radius 2 is 1.43 bits per heavy atom. The van der Waals surface area contributed by atoms with Gasteiger partial charge in [-0.1, -0.05) is 0 Å². The van der Waals surface area contributed by atoms with Gasteiger partial charge >= 0.3 is 0 Å². The van der Waals surface area contributed by atoms with Crippen LogP contribution in [0.4, 0.5) is 0 Å². The smallest absolute Gasteiger partial charge is 0.229 e. The minimum Gasteiger partial charge on any atom is -0.508 e. The van der Waals surface area contributed by atoms with Crippen LogP contribution in [0.25, 0.3) is 5.76 Å². The van der Waals surface area contributed by atoms with Crippen molar-refractivity contribution in [2.75, 3.05) is 6.61 Å². The van der Waals surface area contributed by atoms with Gasteiger partial charge in [-0.3, -0.25) is 0 Å². The number of phenolic OH excluding ortho intramolecular Hbond substituents is 3. The van der Waals surface area contributed by atoms with Crippen LogP contribution in [0.1, 0.15) is 19.4 Å². The monoisotopic (exact) mass is 650 g/mol. The predicted octanol–water partition coefficient (Wildman–Crippen LogP) is -0.891. The van der Waals surface area contributed by atoms with Crippen molar-refractivity contribution in [2.45, 2.75) is 81.4 Å². The van der Waals surface area contributed by atoms with E-state index in [1.54, 1.807) is 13.0 Å². The van der Waals surface area contributed by atoms with Gasteiger partial charge in [-0.15, -0.1) is 0 Å². The molecule has 1 aromatic rings. The highest BCUT2D eigenvalue weighted by molar-refractivity contribution is 5.76. The normalized spacial score (nSPS) is 37.4. The molecule has 16 nitrogen and oxygen atoms in total. The van der Waals surface area contributed by atoms with Crippen LogP contribution in [-0.4, -0.2) is 125 Å². The van der Waals surface area contributed by atoms with E-state index in [0.29, 0.717) is 16.9 Å². The number of aliphatic hydroxyl groups excluding tert-OH is 7. The minimum absolute atomic E-state index is 0.0116. The highest BCUT2D eigenvalue weighted by Crippen LogP contribution is 2.48. The topological polar surface area (TPSA) is 258 Å². The van der Waals surface area contributed by atoms with E-state index in [-0.39, 0.29) is 28.6 Å². The summed E-state index contributed by atoms with van der Waals surface area (Å²) < 4.78 is 34.8. The Kier molecular flexibility index (Phi) is 8.43. The number of rotatable bonds is 6. The number of aliphatic hydroxyl groups is 7. The molecule has 5 aliphatic rings. The van der Waals surface area contributed by atoms with Gasteiger partial charge in [0.25, 0.3) is 0 Å². The van der Waals surface area contributed by atoms with Crippen molar-refractivity contribution < 1.29 is 79.5 Å². The van der Waals surface area contributed by atoms with E-state index in [4.69, 9.17) is 28.4 Å². The van der Waals surface area contributed by atoms with Crippen molar-refractivity contribution in [1.29, 1.82) is 0 Å². The molecule has 16 heteroatoms. The number of aromatic hydroxyl groups is 3. The molecule has 2 fully saturated rings. The second kappa shape index (κ2) is 12.1. The van der Waals surface area contributed by atoms with Gasteiger partial charge in [0.15, 0.2) is 35.1 Å². The molecule has 11 unspecified atom stereocenters. The number of phenols is 3. The van der Waals surface area contributed by atoms with Gasteiger partial charge in [-0.05, 0) is 32.1 Å². The number of benzene rings is 1. The molecule has 0 bridgehead atoms. The molecule has 46 heavy (non-hydrogen) atoms. The first kappa shape index (κ1) is 32.1. The summed E-state index contributed by atoms with van der Waals surface area (Å²) in [5, 5.41) is 103. The lowest BCUT2D eigenvalue weighted by molar-refractivity contribution is -0.323. The van der Waals surface area contributed by atoms with E-state index in [2.05, 4.69) is 0 Å². The van der Waals surface area contributed by atoms with Crippen LogP contribution in [0, 0.1) is 0 Å². The molecule has 10 N–H and O–H groups in total. The number of hydrogen-bond donors (Lipinski definition) is 10. The van der Waals surface area contributed by atoms with Crippen LogP contribution < -0.4 is 0 Å². The fourth-order valence-electron chi connectivity index (χ4n) is 5.73. The molecule has 0 aromatic heterocycles. The summed E-state index contributed by atoms with van der Waals surface area (Å²) in [4.78, 5) is 0. The van der Waals surface area contributed by atoms with Gasteiger partial charge in [0.05, 0.1) is 24.0 Å². The van der Waals surface area contributed by atoms with Gasteiger partial charge in [-0.25, -0.2) is 0 Å². The molecule has 0 saturated carbocycles. The first-order valence-electron chi connectivity index (χ1n) is 14.3. The Morgan fingerprint density at radius 3 is 2.13 bits per heavy atom. The molecule has 2 saturated heterocycles. The van der Waals surface area contributed by atoms with Gasteiger partial charge in [0.1, 0.15) is 60.4 Å². The summed E-state index contributed by atoms with van der Waals surface area (Å²) in [6.07, 6.45) is -12.0. The third-order valence-electron chi connectivity index (χ3n) is 8.23. The second-order valence-corrected chi connectivity index (χ2v) is 11.5. The molecule has 0 spiro atoms. The summed E-state index contributed by atoms with van der Waals surface area (Å²) in [5.41, 5.74) is 0.711. The average Bonchev–Trinajstić information content (AvgIpc) is 3.00. The molecule has 6 rings (SSSR count). The quantitative estimate of drug-likeness (QED) is 0.168. The van der Waals surface area contributed by atoms with E-state index in [1.165, 1.54) is 19.1 Å². The van der Waals surface area contributed by atoms with Crippen molar-refractivity contribution >= 4 is 5.76 Å². The predicted molar refractivity (Wildman–Crippen MR) is 150 cm³/mol. The lowest BCUT2D eigenvalue weighted by atomic mass is 9.89. The molecule has 0 amide bonds. The zero-order chi connectivity index (χ0) is 33.2. The zero-order valence-corrected chi connectivity index (χ0v) is 24.4. The summed E-state index contributed by atoms with van der Waals surface area (Å²) in [6, 6.07) is 2.14. The maximum Gasteiger partial charge on any atom is 0.229 e. The molecule has 11 atom stereocenters. The van der Waals surface area contributed by atoms with Crippen LogP contribution in [0.2, 0.25) is 0 Å². The van der Waals surface area contributed by atoms with Gasteiger partial charge < -0.3 is 79.5 Å². The molecule has 0 radical (unpaired) electrons. The largest absolute Gasteiger partial charge is 0.508 e. The fourth-order valence-corrected chi connectivity index (χ4v) is 5.73. The summed E-state index contributed by atoms with van der Waals surface area (Å²) in [6.45, 7) is 2.55. The number of hydrogen-bond acceptors (Lipinski definition) is 16. The highest BCUT2D eigenvalue weighted by atomic mass is 16.7. The highest BCUT2D eigenvalue weighted by Gasteiger charge is 2.49.